The number of piperidine rings is 1. The number of sulfonamides is 1. The van der Waals surface area contributed by atoms with Gasteiger partial charge in [-0.15, -0.1) is 11.3 Å². The van der Waals surface area contributed by atoms with Crippen molar-refractivity contribution in [1.29, 1.82) is 0 Å². The predicted octanol–water partition coefficient (Wildman–Crippen LogP) is 2.02. The number of hydrogen-bond donors (Lipinski definition) is 1. The molecule has 1 aromatic rings. The molecule has 2 heterocycles. The van der Waals surface area contributed by atoms with E-state index in [9.17, 15) is 18.0 Å². The summed E-state index contributed by atoms with van der Waals surface area (Å²) in [7, 11) is -3.31. The topological polar surface area (TPSA) is 92.8 Å². The van der Waals surface area contributed by atoms with Crippen molar-refractivity contribution in [3.05, 3.63) is 16.0 Å². The van der Waals surface area contributed by atoms with E-state index in [1.807, 2.05) is 0 Å². The first kappa shape index (κ1) is 19.3. The zero-order chi connectivity index (χ0) is 18.9. The van der Waals surface area contributed by atoms with Crippen LogP contribution in [0.25, 0.3) is 0 Å². The van der Waals surface area contributed by atoms with Crippen molar-refractivity contribution in [3.8, 4) is 0 Å². The number of nitrogens with zero attached hydrogens (tertiary/aromatic N) is 1. The number of carbonyl (C=O) groups excluding carboxylic acids is 2. The second-order valence-electron chi connectivity index (χ2n) is 6.73. The van der Waals surface area contributed by atoms with Crippen molar-refractivity contribution < 1.29 is 22.7 Å². The van der Waals surface area contributed by atoms with Crippen LogP contribution in [0.1, 0.15) is 47.0 Å². The number of amides is 1. The summed E-state index contributed by atoms with van der Waals surface area (Å²) in [4.78, 5) is 26.2. The van der Waals surface area contributed by atoms with Gasteiger partial charge in [0.25, 0.3) is 0 Å². The zero-order valence-corrected chi connectivity index (χ0v) is 16.7. The fourth-order valence-electron chi connectivity index (χ4n) is 3.58. The van der Waals surface area contributed by atoms with Gasteiger partial charge in [-0.1, -0.05) is 0 Å². The third-order valence-electron chi connectivity index (χ3n) is 4.86. The lowest BCUT2D eigenvalue weighted by Crippen LogP contribution is -2.43. The Morgan fingerprint density at radius 3 is 2.77 bits per heavy atom. The van der Waals surface area contributed by atoms with Crippen LogP contribution in [-0.2, 0) is 32.4 Å². The number of nitrogens with one attached hydrogen (secondary N) is 1. The van der Waals surface area contributed by atoms with Crippen LogP contribution in [0.3, 0.4) is 0 Å². The van der Waals surface area contributed by atoms with E-state index in [1.54, 1.807) is 6.92 Å². The van der Waals surface area contributed by atoms with Gasteiger partial charge >= 0.3 is 5.97 Å². The Labute approximate surface area is 157 Å². The molecule has 1 aliphatic heterocycles. The smallest absolute Gasteiger partial charge is 0.341 e. The van der Waals surface area contributed by atoms with Crippen LogP contribution < -0.4 is 5.32 Å². The Bertz CT molecular complexity index is 815. The summed E-state index contributed by atoms with van der Waals surface area (Å²) in [5.74, 6) is -1.04. The number of thiophene rings is 1. The minimum atomic E-state index is -3.31. The summed E-state index contributed by atoms with van der Waals surface area (Å²) >= 11 is 1.44. The third-order valence-corrected chi connectivity index (χ3v) is 7.34. The maximum absolute atomic E-state index is 12.7. The van der Waals surface area contributed by atoms with Crippen LogP contribution in [0.4, 0.5) is 5.00 Å². The fourth-order valence-corrected chi connectivity index (χ4v) is 5.77. The highest BCUT2D eigenvalue weighted by Gasteiger charge is 2.33. The molecular weight excluding hydrogens is 376 g/mol. The second-order valence-corrected chi connectivity index (χ2v) is 9.82. The molecule has 144 valence electrons. The molecular formula is C17H24N2O5S2. The Morgan fingerprint density at radius 1 is 1.31 bits per heavy atom. The fraction of sp³-hybridized carbons (Fsp3) is 0.647. The van der Waals surface area contributed by atoms with E-state index in [-0.39, 0.29) is 19.1 Å². The molecule has 7 nitrogen and oxygen atoms in total. The number of carbonyl (C=O) groups is 2. The molecule has 0 bridgehead atoms. The molecule has 1 saturated heterocycles. The largest absolute Gasteiger partial charge is 0.462 e. The molecule has 1 aliphatic carbocycles. The number of ether oxygens (including phenoxy) is 1. The highest BCUT2D eigenvalue weighted by atomic mass is 32.2. The minimum absolute atomic E-state index is 0.185. The number of fused-ring (bicyclic) bond motifs is 1. The number of hydrogen-bond acceptors (Lipinski definition) is 6. The average Bonchev–Trinajstić information content (AvgIpc) is 3.14. The van der Waals surface area contributed by atoms with E-state index in [2.05, 4.69) is 5.32 Å². The Morgan fingerprint density at radius 2 is 2.08 bits per heavy atom. The minimum Gasteiger partial charge on any atom is -0.462 e. The van der Waals surface area contributed by atoms with Gasteiger partial charge in [-0.3, -0.25) is 4.79 Å². The van der Waals surface area contributed by atoms with Crippen LogP contribution >= 0.6 is 11.3 Å². The summed E-state index contributed by atoms with van der Waals surface area (Å²) < 4.78 is 30.0. The van der Waals surface area contributed by atoms with E-state index in [0.29, 0.717) is 30.0 Å². The maximum atomic E-state index is 12.7. The van der Waals surface area contributed by atoms with Crippen molar-refractivity contribution >= 4 is 38.2 Å². The molecule has 1 aromatic heterocycles. The van der Waals surface area contributed by atoms with Gasteiger partial charge in [-0.25, -0.2) is 17.5 Å². The summed E-state index contributed by atoms with van der Waals surface area (Å²) in [6, 6.07) is 0. The second kappa shape index (κ2) is 7.66. The summed E-state index contributed by atoms with van der Waals surface area (Å²) in [5, 5.41) is 3.41. The van der Waals surface area contributed by atoms with Gasteiger partial charge in [0.15, 0.2) is 0 Å². The van der Waals surface area contributed by atoms with Gasteiger partial charge in [-0.2, -0.15) is 0 Å². The van der Waals surface area contributed by atoms with Crippen molar-refractivity contribution in [2.24, 2.45) is 5.92 Å². The first-order chi connectivity index (χ1) is 12.3. The molecule has 0 unspecified atom stereocenters. The SMILES string of the molecule is CCOC(=O)c1c(NC(=O)[C@@H]2CCCN(S(C)(=O)=O)C2)sc2c1CCC2. The highest BCUT2D eigenvalue weighted by Crippen LogP contribution is 2.40. The molecule has 3 rings (SSSR count). The van der Waals surface area contributed by atoms with Gasteiger partial charge in [0.05, 0.1) is 24.3 Å². The predicted molar refractivity (Wildman–Crippen MR) is 100 cm³/mol. The van der Waals surface area contributed by atoms with E-state index >= 15 is 0 Å². The standard InChI is InChI=1S/C17H24N2O5S2/c1-3-24-17(21)14-12-7-4-8-13(12)25-16(14)18-15(20)11-6-5-9-19(10-11)26(2,22)23/h11H,3-10H2,1-2H3,(H,18,20)/t11-/m1/s1. The maximum Gasteiger partial charge on any atom is 0.341 e. The average molecular weight is 401 g/mol. The van der Waals surface area contributed by atoms with Crippen LogP contribution in [0.5, 0.6) is 0 Å². The van der Waals surface area contributed by atoms with E-state index < -0.39 is 21.9 Å². The number of esters is 1. The lowest BCUT2D eigenvalue weighted by atomic mass is 9.99. The molecule has 0 radical (unpaired) electrons. The molecule has 0 spiro atoms. The van der Waals surface area contributed by atoms with Crippen LogP contribution in [-0.4, -0.2) is 50.6 Å². The molecule has 26 heavy (non-hydrogen) atoms. The Kier molecular flexibility index (Phi) is 5.69. The molecule has 1 fully saturated rings. The Balaban J connectivity index is 1.78. The molecule has 0 aromatic carbocycles. The first-order valence-electron chi connectivity index (χ1n) is 8.89. The summed E-state index contributed by atoms with van der Waals surface area (Å²) in [6.45, 7) is 2.67. The lowest BCUT2D eigenvalue weighted by molar-refractivity contribution is -0.120. The van der Waals surface area contributed by atoms with Gasteiger partial charge in [-0.05, 0) is 44.6 Å². The number of anilines is 1. The van der Waals surface area contributed by atoms with E-state index in [4.69, 9.17) is 4.74 Å². The van der Waals surface area contributed by atoms with E-state index in [1.165, 1.54) is 15.6 Å². The number of rotatable bonds is 5. The number of aryl methyl sites for hydroxylation is 1. The molecule has 9 heteroatoms. The van der Waals surface area contributed by atoms with E-state index in [0.717, 1.165) is 36.0 Å². The van der Waals surface area contributed by atoms with Crippen LogP contribution in [0, 0.1) is 5.92 Å². The molecule has 2 aliphatic rings. The summed E-state index contributed by atoms with van der Waals surface area (Å²) in [5.41, 5.74) is 1.47. The van der Waals surface area contributed by atoms with Crippen LogP contribution in [0.2, 0.25) is 0 Å². The molecule has 1 amide bonds. The highest BCUT2D eigenvalue weighted by molar-refractivity contribution is 7.88. The monoisotopic (exact) mass is 400 g/mol. The molecule has 0 saturated carbocycles. The van der Waals surface area contributed by atoms with Gasteiger partial charge in [0.1, 0.15) is 5.00 Å². The van der Waals surface area contributed by atoms with Gasteiger partial charge < -0.3 is 10.1 Å². The van der Waals surface area contributed by atoms with Crippen LogP contribution in [0.15, 0.2) is 0 Å². The summed E-state index contributed by atoms with van der Waals surface area (Å²) in [6.07, 6.45) is 5.19. The van der Waals surface area contributed by atoms with Crippen molar-refractivity contribution in [2.45, 2.75) is 39.0 Å². The molecule has 1 atom stereocenters. The molecule has 1 N–H and O–H groups in total. The van der Waals surface area contributed by atoms with Crippen molar-refractivity contribution in [1.82, 2.24) is 4.31 Å². The quantitative estimate of drug-likeness (QED) is 0.764. The third kappa shape index (κ3) is 3.94. The van der Waals surface area contributed by atoms with Crippen molar-refractivity contribution in [3.63, 3.8) is 0 Å². The lowest BCUT2D eigenvalue weighted by Gasteiger charge is -2.30. The van der Waals surface area contributed by atoms with Crippen molar-refractivity contribution in [2.75, 3.05) is 31.3 Å². The first-order valence-corrected chi connectivity index (χ1v) is 11.6. The van der Waals surface area contributed by atoms with Gasteiger partial charge in [0, 0.05) is 18.0 Å². The van der Waals surface area contributed by atoms with Gasteiger partial charge in [0.2, 0.25) is 15.9 Å². The normalized spacial score (nSPS) is 20.6. The Hall–Kier alpha value is -1.45. The zero-order valence-electron chi connectivity index (χ0n) is 15.0.